The number of amides is 2. The summed E-state index contributed by atoms with van der Waals surface area (Å²) in [5.74, 6) is -1.12. The van der Waals surface area contributed by atoms with Gasteiger partial charge in [-0.05, 0) is 49.2 Å². The average Bonchev–Trinajstić information content (AvgIpc) is 3.07. The molecule has 0 spiro atoms. The Labute approximate surface area is 169 Å². The molecule has 2 aromatic carbocycles. The maximum atomic E-state index is 12.4. The van der Waals surface area contributed by atoms with Crippen molar-refractivity contribution in [1.82, 2.24) is 0 Å². The predicted molar refractivity (Wildman–Crippen MR) is 109 cm³/mol. The van der Waals surface area contributed by atoms with E-state index >= 15 is 0 Å². The van der Waals surface area contributed by atoms with Crippen LogP contribution >= 0.6 is 0 Å². The van der Waals surface area contributed by atoms with E-state index in [1.54, 1.807) is 31.4 Å². The molecule has 1 atom stereocenters. The number of carbonyl (C=O) groups excluding carboxylic acids is 3. The van der Waals surface area contributed by atoms with E-state index in [4.69, 9.17) is 9.47 Å². The van der Waals surface area contributed by atoms with Crippen molar-refractivity contribution in [2.45, 2.75) is 20.3 Å². The van der Waals surface area contributed by atoms with Gasteiger partial charge in [0, 0.05) is 30.4 Å². The highest BCUT2D eigenvalue weighted by Gasteiger charge is 2.36. The molecule has 152 valence electrons. The van der Waals surface area contributed by atoms with Gasteiger partial charge in [-0.25, -0.2) is 0 Å². The lowest BCUT2D eigenvalue weighted by Crippen LogP contribution is -2.28. The Morgan fingerprint density at radius 3 is 2.55 bits per heavy atom. The fourth-order valence-electron chi connectivity index (χ4n) is 3.39. The minimum Gasteiger partial charge on any atom is -0.497 e. The molecule has 2 aromatic rings. The largest absolute Gasteiger partial charge is 0.497 e. The van der Waals surface area contributed by atoms with Crippen LogP contribution in [0.15, 0.2) is 42.5 Å². The van der Waals surface area contributed by atoms with Gasteiger partial charge in [-0.3, -0.25) is 14.4 Å². The molecule has 0 unspecified atom stereocenters. The van der Waals surface area contributed by atoms with Crippen LogP contribution in [0.25, 0.3) is 0 Å². The third-order valence-electron chi connectivity index (χ3n) is 4.67. The molecule has 1 aliphatic heterocycles. The van der Waals surface area contributed by atoms with Crippen molar-refractivity contribution in [2.24, 2.45) is 5.92 Å². The molecule has 0 aromatic heterocycles. The number of rotatable bonds is 6. The van der Waals surface area contributed by atoms with Crippen molar-refractivity contribution in [3.05, 3.63) is 53.6 Å². The van der Waals surface area contributed by atoms with Crippen molar-refractivity contribution < 1.29 is 23.9 Å². The van der Waals surface area contributed by atoms with E-state index in [0.717, 1.165) is 11.1 Å². The molecule has 0 aliphatic carbocycles. The van der Waals surface area contributed by atoms with Gasteiger partial charge < -0.3 is 19.7 Å². The number of esters is 1. The van der Waals surface area contributed by atoms with E-state index in [-0.39, 0.29) is 18.9 Å². The Morgan fingerprint density at radius 2 is 1.86 bits per heavy atom. The van der Waals surface area contributed by atoms with Crippen molar-refractivity contribution in [3.8, 4) is 5.75 Å². The lowest BCUT2D eigenvalue weighted by atomic mass is 10.1. The minimum atomic E-state index is -0.609. The Kier molecular flexibility index (Phi) is 6.16. The summed E-state index contributed by atoms with van der Waals surface area (Å²) in [5.41, 5.74) is 3.37. The van der Waals surface area contributed by atoms with Gasteiger partial charge in [0.25, 0.3) is 5.91 Å². The number of aryl methyl sites for hydroxylation is 2. The molecule has 1 aliphatic rings. The fourth-order valence-corrected chi connectivity index (χ4v) is 3.39. The molecule has 7 heteroatoms. The van der Waals surface area contributed by atoms with Gasteiger partial charge in [-0.1, -0.05) is 12.1 Å². The number of nitrogens with zero attached hydrogens (tertiary/aromatic N) is 1. The Morgan fingerprint density at radius 1 is 1.14 bits per heavy atom. The van der Waals surface area contributed by atoms with E-state index in [1.165, 1.54) is 4.90 Å². The van der Waals surface area contributed by atoms with Gasteiger partial charge in [-0.2, -0.15) is 0 Å². The minimum absolute atomic E-state index is 0.0503. The number of nitrogens with one attached hydrogen (secondary N) is 1. The third-order valence-corrected chi connectivity index (χ3v) is 4.67. The zero-order valence-electron chi connectivity index (χ0n) is 16.7. The monoisotopic (exact) mass is 396 g/mol. The highest BCUT2D eigenvalue weighted by molar-refractivity contribution is 6.00. The second-order valence-corrected chi connectivity index (χ2v) is 7.14. The lowest BCUT2D eigenvalue weighted by molar-refractivity contribution is -0.151. The molecule has 1 saturated heterocycles. The van der Waals surface area contributed by atoms with Gasteiger partial charge >= 0.3 is 5.97 Å². The maximum Gasteiger partial charge on any atom is 0.311 e. The van der Waals surface area contributed by atoms with Crippen molar-refractivity contribution in [3.63, 3.8) is 0 Å². The predicted octanol–water partition coefficient (Wildman–Crippen LogP) is 2.85. The third kappa shape index (κ3) is 5.13. The molecule has 1 N–H and O–H groups in total. The van der Waals surface area contributed by atoms with Crippen LogP contribution in [-0.2, 0) is 19.1 Å². The van der Waals surface area contributed by atoms with Crippen LogP contribution < -0.4 is 15.0 Å². The number of hydrogen-bond acceptors (Lipinski definition) is 5. The highest BCUT2D eigenvalue weighted by Crippen LogP contribution is 2.28. The van der Waals surface area contributed by atoms with Crippen LogP contribution in [0.5, 0.6) is 5.75 Å². The van der Waals surface area contributed by atoms with Crippen LogP contribution in [0, 0.1) is 19.8 Å². The molecule has 1 heterocycles. The lowest BCUT2D eigenvalue weighted by Gasteiger charge is -2.17. The normalized spacial score (nSPS) is 15.9. The number of benzene rings is 2. The Hall–Kier alpha value is -3.35. The summed E-state index contributed by atoms with van der Waals surface area (Å²) in [6.45, 7) is 3.70. The van der Waals surface area contributed by atoms with E-state index in [0.29, 0.717) is 17.1 Å². The maximum absolute atomic E-state index is 12.4. The first kappa shape index (κ1) is 20.4. The summed E-state index contributed by atoms with van der Waals surface area (Å²) >= 11 is 0. The molecule has 29 heavy (non-hydrogen) atoms. The molecule has 0 radical (unpaired) electrons. The zero-order chi connectivity index (χ0) is 21.0. The summed E-state index contributed by atoms with van der Waals surface area (Å²) < 4.78 is 10.3. The molecular formula is C22H24N2O5. The number of anilines is 2. The molecule has 2 amide bonds. The summed E-state index contributed by atoms with van der Waals surface area (Å²) in [4.78, 5) is 38.3. The summed E-state index contributed by atoms with van der Waals surface area (Å²) in [7, 11) is 1.55. The molecule has 0 saturated carbocycles. The van der Waals surface area contributed by atoms with Crippen molar-refractivity contribution in [2.75, 3.05) is 30.5 Å². The van der Waals surface area contributed by atoms with Crippen LogP contribution in [0.1, 0.15) is 17.5 Å². The Bertz CT molecular complexity index is 920. The van der Waals surface area contributed by atoms with Crippen LogP contribution in [0.2, 0.25) is 0 Å². The van der Waals surface area contributed by atoms with E-state index in [9.17, 15) is 14.4 Å². The number of methoxy groups -OCH3 is 1. The quantitative estimate of drug-likeness (QED) is 0.759. The summed E-state index contributed by atoms with van der Waals surface area (Å²) in [5, 5.41) is 2.72. The highest BCUT2D eigenvalue weighted by atomic mass is 16.5. The summed E-state index contributed by atoms with van der Waals surface area (Å²) in [6, 6.07) is 12.8. The topological polar surface area (TPSA) is 84.9 Å². The molecular weight excluding hydrogens is 372 g/mol. The molecule has 1 fully saturated rings. The molecule has 3 rings (SSSR count). The van der Waals surface area contributed by atoms with Gasteiger partial charge in [0.15, 0.2) is 6.61 Å². The first-order chi connectivity index (χ1) is 13.9. The van der Waals surface area contributed by atoms with E-state index in [1.807, 2.05) is 32.0 Å². The smallest absolute Gasteiger partial charge is 0.311 e. The van der Waals surface area contributed by atoms with Gasteiger partial charge in [0.05, 0.1) is 13.0 Å². The summed E-state index contributed by atoms with van der Waals surface area (Å²) in [6.07, 6.45) is 0.0503. The van der Waals surface area contributed by atoms with Gasteiger partial charge in [0.2, 0.25) is 5.91 Å². The standard InChI is InChI=1S/C22H24N2O5/c1-14-7-15(2)9-17(8-14)23-20(25)13-29-22(27)16-10-21(26)24(12-16)18-5-4-6-19(11-18)28-3/h4-9,11,16H,10,12-13H2,1-3H3,(H,23,25)/t16-/m1/s1. The second kappa shape index (κ2) is 8.77. The number of carbonyl (C=O) groups is 3. The average molecular weight is 396 g/mol. The Balaban J connectivity index is 1.54. The van der Waals surface area contributed by atoms with Gasteiger partial charge in [-0.15, -0.1) is 0 Å². The molecule has 7 nitrogen and oxygen atoms in total. The van der Waals surface area contributed by atoms with Crippen LogP contribution in [-0.4, -0.2) is 38.0 Å². The zero-order valence-corrected chi connectivity index (χ0v) is 16.7. The number of hydrogen-bond donors (Lipinski definition) is 1. The van der Waals surface area contributed by atoms with Crippen molar-refractivity contribution >= 4 is 29.2 Å². The van der Waals surface area contributed by atoms with Gasteiger partial charge in [0.1, 0.15) is 5.75 Å². The first-order valence-electron chi connectivity index (χ1n) is 9.35. The first-order valence-corrected chi connectivity index (χ1v) is 9.35. The molecule has 0 bridgehead atoms. The SMILES string of the molecule is COc1cccc(N2C[C@H](C(=O)OCC(=O)Nc3cc(C)cc(C)c3)CC2=O)c1. The van der Waals surface area contributed by atoms with E-state index < -0.39 is 24.4 Å². The number of ether oxygens (including phenoxy) is 2. The van der Waals surface area contributed by atoms with Crippen LogP contribution in [0.3, 0.4) is 0 Å². The fraction of sp³-hybridized carbons (Fsp3) is 0.318. The van der Waals surface area contributed by atoms with Crippen molar-refractivity contribution in [1.29, 1.82) is 0 Å². The second-order valence-electron chi connectivity index (χ2n) is 7.14. The van der Waals surface area contributed by atoms with Crippen LogP contribution in [0.4, 0.5) is 11.4 Å². The van der Waals surface area contributed by atoms with E-state index in [2.05, 4.69) is 5.32 Å².